The van der Waals surface area contributed by atoms with Gasteiger partial charge < -0.3 is 4.74 Å². The van der Waals surface area contributed by atoms with Gasteiger partial charge in [-0.05, 0) is 18.9 Å². The number of rotatable bonds is 7. The Morgan fingerprint density at radius 1 is 1.06 bits per heavy atom. The number of Topliss-reactive ketones (excluding diaryl/α,β-unsaturated/α-hetero) is 1. The van der Waals surface area contributed by atoms with Crippen LogP contribution >= 0.6 is 0 Å². The van der Waals surface area contributed by atoms with Crippen LogP contribution in [0.4, 0.5) is 0 Å². The fourth-order valence-corrected chi connectivity index (χ4v) is 1.57. The number of esters is 1. The fraction of sp³-hybridized carbons (Fsp3) is 0.467. The van der Waals surface area contributed by atoms with Gasteiger partial charge in [-0.25, -0.2) is 0 Å². The van der Waals surface area contributed by atoms with Crippen molar-refractivity contribution in [2.75, 3.05) is 0 Å². The van der Waals surface area contributed by atoms with Crippen molar-refractivity contribution in [1.82, 2.24) is 0 Å². The minimum Gasteiger partial charge on any atom is -0.461 e. The summed E-state index contributed by atoms with van der Waals surface area (Å²) in [5.74, 6) is -0.176. The SMILES string of the molecule is CCCC(=O)CCC(=O)OCc1ccc(C)cc1. The van der Waals surface area contributed by atoms with Crippen molar-refractivity contribution in [1.29, 1.82) is 0 Å². The van der Waals surface area contributed by atoms with Crippen LogP contribution in [0.3, 0.4) is 0 Å². The van der Waals surface area contributed by atoms with E-state index in [1.165, 1.54) is 5.56 Å². The Kier molecular flexibility index (Phi) is 6.12. The first-order valence-electron chi connectivity index (χ1n) is 6.34. The third-order valence-corrected chi connectivity index (χ3v) is 2.66. The van der Waals surface area contributed by atoms with Crippen LogP contribution in [0.2, 0.25) is 0 Å². The van der Waals surface area contributed by atoms with Gasteiger partial charge in [0.15, 0.2) is 0 Å². The van der Waals surface area contributed by atoms with E-state index in [2.05, 4.69) is 0 Å². The lowest BCUT2D eigenvalue weighted by molar-refractivity contribution is -0.146. The standard InChI is InChI=1S/C15H20O3/c1-3-4-14(16)9-10-15(17)18-11-13-7-5-12(2)6-8-13/h5-8H,3-4,9-11H2,1-2H3. The van der Waals surface area contributed by atoms with Crippen molar-refractivity contribution in [3.05, 3.63) is 35.4 Å². The average Bonchev–Trinajstić information content (AvgIpc) is 2.36. The van der Waals surface area contributed by atoms with Crippen molar-refractivity contribution in [3.63, 3.8) is 0 Å². The van der Waals surface area contributed by atoms with Crippen LogP contribution in [0.5, 0.6) is 0 Å². The highest BCUT2D eigenvalue weighted by atomic mass is 16.5. The third kappa shape index (κ3) is 5.62. The van der Waals surface area contributed by atoms with Gasteiger partial charge >= 0.3 is 5.97 Å². The molecule has 0 aliphatic carbocycles. The zero-order valence-electron chi connectivity index (χ0n) is 11.1. The molecular weight excluding hydrogens is 228 g/mol. The van der Waals surface area contributed by atoms with Crippen LogP contribution < -0.4 is 0 Å². The maximum atomic E-state index is 11.4. The fourth-order valence-electron chi connectivity index (χ4n) is 1.57. The maximum absolute atomic E-state index is 11.4. The first-order chi connectivity index (χ1) is 8.61. The van der Waals surface area contributed by atoms with E-state index in [9.17, 15) is 9.59 Å². The van der Waals surface area contributed by atoms with E-state index in [1.54, 1.807) is 0 Å². The highest BCUT2D eigenvalue weighted by Gasteiger charge is 2.07. The van der Waals surface area contributed by atoms with Crippen LogP contribution in [0.15, 0.2) is 24.3 Å². The quantitative estimate of drug-likeness (QED) is 0.696. The molecule has 3 nitrogen and oxygen atoms in total. The number of carbonyl (C=O) groups is 2. The van der Waals surface area contributed by atoms with Gasteiger partial charge in [-0.1, -0.05) is 36.8 Å². The molecule has 0 radical (unpaired) electrons. The Morgan fingerprint density at radius 2 is 1.72 bits per heavy atom. The monoisotopic (exact) mass is 248 g/mol. The normalized spacial score (nSPS) is 10.1. The number of ketones is 1. The van der Waals surface area contributed by atoms with Crippen LogP contribution in [0.25, 0.3) is 0 Å². The minimum absolute atomic E-state index is 0.129. The summed E-state index contributed by atoms with van der Waals surface area (Å²) < 4.78 is 5.11. The van der Waals surface area contributed by atoms with Gasteiger partial charge in [0.1, 0.15) is 12.4 Å². The molecule has 3 heteroatoms. The second kappa shape index (κ2) is 7.64. The summed E-state index contributed by atoms with van der Waals surface area (Å²) in [5, 5.41) is 0. The van der Waals surface area contributed by atoms with Crippen LogP contribution in [0.1, 0.15) is 43.7 Å². The topological polar surface area (TPSA) is 43.4 Å². The maximum Gasteiger partial charge on any atom is 0.306 e. The summed E-state index contributed by atoms with van der Waals surface area (Å²) in [5.41, 5.74) is 2.14. The summed E-state index contributed by atoms with van der Waals surface area (Å²) in [7, 11) is 0. The molecule has 0 unspecified atom stereocenters. The molecule has 0 aromatic heterocycles. The number of benzene rings is 1. The zero-order chi connectivity index (χ0) is 13.4. The molecule has 0 aliphatic heterocycles. The van der Waals surface area contributed by atoms with Gasteiger partial charge in [-0.15, -0.1) is 0 Å². The first kappa shape index (κ1) is 14.4. The zero-order valence-corrected chi connectivity index (χ0v) is 11.1. The third-order valence-electron chi connectivity index (χ3n) is 2.66. The summed E-state index contributed by atoms with van der Waals surface area (Å²) in [6, 6.07) is 7.83. The smallest absolute Gasteiger partial charge is 0.306 e. The molecule has 0 amide bonds. The van der Waals surface area contributed by atoms with E-state index < -0.39 is 0 Å². The second-order valence-corrected chi connectivity index (χ2v) is 4.43. The molecular formula is C15H20O3. The number of carbonyl (C=O) groups excluding carboxylic acids is 2. The summed E-state index contributed by atoms with van der Waals surface area (Å²) >= 11 is 0. The van der Waals surface area contributed by atoms with E-state index in [-0.39, 0.29) is 24.8 Å². The lowest BCUT2D eigenvalue weighted by Crippen LogP contribution is -2.07. The van der Waals surface area contributed by atoms with Crippen LogP contribution in [-0.4, -0.2) is 11.8 Å². The highest BCUT2D eigenvalue weighted by Crippen LogP contribution is 2.06. The predicted octanol–water partition coefficient (Wildman–Crippen LogP) is 3.19. The van der Waals surface area contributed by atoms with Crippen molar-refractivity contribution in [2.24, 2.45) is 0 Å². The Morgan fingerprint density at radius 3 is 2.33 bits per heavy atom. The number of hydrogen-bond donors (Lipinski definition) is 0. The number of ether oxygens (including phenoxy) is 1. The largest absolute Gasteiger partial charge is 0.461 e. The predicted molar refractivity (Wildman–Crippen MR) is 70.1 cm³/mol. The number of hydrogen-bond acceptors (Lipinski definition) is 3. The van der Waals surface area contributed by atoms with E-state index in [1.807, 2.05) is 38.1 Å². The van der Waals surface area contributed by atoms with Crippen LogP contribution in [-0.2, 0) is 20.9 Å². The van der Waals surface area contributed by atoms with Crippen molar-refractivity contribution < 1.29 is 14.3 Å². The van der Waals surface area contributed by atoms with Crippen LogP contribution in [0, 0.1) is 6.92 Å². The lowest BCUT2D eigenvalue weighted by atomic mass is 10.1. The summed E-state index contributed by atoms with van der Waals surface area (Å²) in [6.45, 7) is 4.24. The molecule has 0 spiro atoms. The molecule has 0 heterocycles. The molecule has 0 fully saturated rings. The van der Waals surface area contributed by atoms with Gasteiger partial charge in [0.2, 0.25) is 0 Å². The van der Waals surface area contributed by atoms with Crippen molar-refractivity contribution in [2.45, 2.75) is 46.1 Å². The second-order valence-electron chi connectivity index (χ2n) is 4.43. The Labute approximate surface area is 108 Å². The van der Waals surface area contributed by atoms with Crippen molar-refractivity contribution >= 4 is 11.8 Å². The molecule has 0 saturated carbocycles. The number of aryl methyl sites for hydroxylation is 1. The molecule has 0 aliphatic rings. The molecule has 0 saturated heterocycles. The molecule has 1 aromatic rings. The summed E-state index contributed by atoms with van der Waals surface area (Å²) in [4.78, 5) is 22.7. The molecule has 98 valence electrons. The van der Waals surface area contributed by atoms with Crippen molar-refractivity contribution in [3.8, 4) is 0 Å². The molecule has 0 bridgehead atoms. The molecule has 1 rings (SSSR count). The van der Waals surface area contributed by atoms with Gasteiger partial charge in [0, 0.05) is 12.8 Å². The van der Waals surface area contributed by atoms with E-state index in [4.69, 9.17) is 4.74 Å². The average molecular weight is 248 g/mol. The minimum atomic E-state index is -0.306. The van der Waals surface area contributed by atoms with Gasteiger partial charge in [0.25, 0.3) is 0 Å². The lowest BCUT2D eigenvalue weighted by Gasteiger charge is -2.05. The highest BCUT2D eigenvalue weighted by molar-refractivity contribution is 5.82. The van der Waals surface area contributed by atoms with Gasteiger partial charge in [0.05, 0.1) is 6.42 Å². The molecule has 18 heavy (non-hydrogen) atoms. The molecule has 0 N–H and O–H groups in total. The first-order valence-corrected chi connectivity index (χ1v) is 6.34. The Balaban J connectivity index is 2.24. The van der Waals surface area contributed by atoms with Gasteiger partial charge in [-0.3, -0.25) is 9.59 Å². The summed E-state index contributed by atoms with van der Waals surface area (Å²) in [6.07, 6.45) is 1.85. The van der Waals surface area contributed by atoms with E-state index in [0.29, 0.717) is 12.8 Å². The van der Waals surface area contributed by atoms with Gasteiger partial charge in [-0.2, -0.15) is 0 Å². The molecule has 1 aromatic carbocycles. The molecule has 0 atom stereocenters. The van der Waals surface area contributed by atoms with E-state index >= 15 is 0 Å². The Hall–Kier alpha value is -1.64. The Bertz CT molecular complexity index is 393. The van der Waals surface area contributed by atoms with E-state index in [0.717, 1.165) is 12.0 Å².